The van der Waals surface area contributed by atoms with E-state index in [-0.39, 0.29) is 10.6 Å². The molecule has 0 heterocycles. The highest BCUT2D eigenvalue weighted by Crippen LogP contribution is 2.28. The first-order chi connectivity index (χ1) is 12.8. The summed E-state index contributed by atoms with van der Waals surface area (Å²) < 4.78 is 36.8. The van der Waals surface area contributed by atoms with Crippen LogP contribution in [-0.2, 0) is 14.3 Å². The summed E-state index contributed by atoms with van der Waals surface area (Å²) in [5.74, 6) is -2.49. The highest BCUT2D eigenvalue weighted by atomic mass is 35.5. The molecule has 2 rings (SSSR count). The molecule has 0 aliphatic rings. The van der Waals surface area contributed by atoms with E-state index in [2.05, 4.69) is 5.32 Å². The molecule has 1 N–H and O–H groups in total. The lowest BCUT2D eigenvalue weighted by molar-refractivity contribution is -0.150. The Morgan fingerprint density at radius 1 is 1.22 bits per heavy atom. The topological polar surface area (TPSA) is 64.6 Å². The monoisotopic (exact) mass is 415 g/mol. The fourth-order valence-corrected chi connectivity index (χ4v) is 2.94. The molecule has 0 aliphatic carbocycles. The Hall–Kier alpha value is -2.32. The molecule has 0 fully saturated rings. The predicted molar refractivity (Wildman–Crippen MR) is 99.3 cm³/mol. The van der Waals surface area contributed by atoms with Crippen LogP contribution in [0.3, 0.4) is 0 Å². The number of hydrogen-bond acceptors (Lipinski definition) is 5. The molecule has 0 saturated carbocycles. The third kappa shape index (κ3) is 6.11. The quantitative estimate of drug-likeness (QED) is 0.540. The standard InChI is InChI=1S/C18H16ClF2NO4S/c1-10(18(24)22-14-7-11(19)3-6-15(14)25-2)26-17(23)9-27-16-8-12(20)4-5-13(16)21/h3-8,10H,9H2,1-2H3,(H,22,24)/t10-/m0/s1. The first-order valence-electron chi connectivity index (χ1n) is 7.72. The number of amides is 1. The molecule has 2 aromatic rings. The van der Waals surface area contributed by atoms with Gasteiger partial charge in [0, 0.05) is 9.92 Å². The summed E-state index contributed by atoms with van der Waals surface area (Å²) in [6.45, 7) is 1.39. The van der Waals surface area contributed by atoms with E-state index in [0.29, 0.717) is 16.5 Å². The van der Waals surface area contributed by atoms with Crippen LogP contribution in [0, 0.1) is 11.6 Å². The minimum absolute atomic E-state index is 0.0206. The van der Waals surface area contributed by atoms with Crippen LogP contribution in [0.1, 0.15) is 6.92 Å². The summed E-state index contributed by atoms with van der Waals surface area (Å²) >= 11 is 6.67. The fourth-order valence-electron chi connectivity index (χ4n) is 2.02. The molecule has 0 aromatic heterocycles. The molecule has 9 heteroatoms. The van der Waals surface area contributed by atoms with E-state index in [0.717, 1.165) is 30.0 Å². The molecule has 0 saturated heterocycles. The van der Waals surface area contributed by atoms with Crippen molar-refractivity contribution in [1.82, 2.24) is 0 Å². The van der Waals surface area contributed by atoms with Gasteiger partial charge >= 0.3 is 5.97 Å². The number of thioether (sulfide) groups is 1. The Bertz CT molecular complexity index is 850. The first-order valence-corrected chi connectivity index (χ1v) is 9.08. The SMILES string of the molecule is COc1ccc(Cl)cc1NC(=O)[C@H](C)OC(=O)CSc1cc(F)ccc1F. The number of rotatable bonds is 7. The molecule has 1 atom stereocenters. The minimum Gasteiger partial charge on any atom is -0.495 e. The van der Waals surface area contributed by atoms with Gasteiger partial charge in [0.25, 0.3) is 5.91 Å². The van der Waals surface area contributed by atoms with Crippen LogP contribution in [0.2, 0.25) is 5.02 Å². The van der Waals surface area contributed by atoms with E-state index in [9.17, 15) is 18.4 Å². The van der Waals surface area contributed by atoms with Crippen molar-refractivity contribution in [2.24, 2.45) is 0 Å². The van der Waals surface area contributed by atoms with E-state index in [4.69, 9.17) is 21.1 Å². The molecule has 0 spiro atoms. The lowest BCUT2D eigenvalue weighted by Crippen LogP contribution is -2.30. The van der Waals surface area contributed by atoms with Gasteiger partial charge in [-0.3, -0.25) is 9.59 Å². The van der Waals surface area contributed by atoms with Gasteiger partial charge in [-0.05, 0) is 43.3 Å². The van der Waals surface area contributed by atoms with Gasteiger partial charge in [-0.2, -0.15) is 0 Å². The van der Waals surface area contributed by atoms with E-state index in [1.807, 2.05) is 0 Å². The molecule has 0 aliphatic heterocycles. The average Bonchev–Trinajstić information content (AvgIpc) is 2.62. The van der Waals surface area contributed by atoms with Gasteiger partial charge in [0.2, 0.25) is 0 Å². The van der Waals surface area contributed by atoms with Gasteiger partial charge < -0.3 is 14.8 Å². The summed E-state index contributed by atoms with van der Waals surface area (Å²) in [6, 6.07) is 7.61. The molecule has 0 radical (unpaired) electrons. The van der Waals surface area contributed by atoms with Crippen LogP contribution in [-0.4, -0.2) is 30.8 Å². The Morgan fingerprint density at radius 3 is 2.67 bits per heavy atom. The number of halogens is 3. The maximum Gasteiger partial charge on any atom is 0.317 e. The first kappa shape index (κ1) is 21.0. The summed E-state index contributed by atoms with van der Waals surface area (Å²) in [5, 5.41) is 2.95. The smallest absolute Gasteiger partial charge is 0.317 e. The van der Waals surface area contributed by atoms with Crippen LogP contribution in [0.5, 0.6) is 5.75 Å². The zero-order valence-corrected chi connectivity index (χ0v) is 16.0. The highest BCUT2D eigenvalue weighted by molar-refractivity contribution is 8.00. The van der Waals surface area contributed by atoms with Crippen LogP contribution >= 0.6 is 23.4 Å². The number of nitrogens with one attached hydrogen (secondary N) is 1. The molecule has 1 amide bonds. The molecule has 0 bridgehead atoms. The molecule has 27 heavy (non-hydrogen) atoms. The molecule has 2 aromatic carbocycles. The number of hydrogen-bond donors (Lipinski definition) is 1. The average molecular weight is 416 g/mol. The second kappa shape index (κ2) is 9.57. The van der Waals surface area contributed by atoms with Gasteiger partial charge in [-0.1, -0.05) is 11.6 Å². The Morgan fingerprint density at radius 2 is 1.96 bits per heavy atom. The van der Waals surface area contributed by atoms with Crippen LogP contribution in [0.4, 0.5) is 14.5 Å². The molecular weight excluding hydrogens is 400 g/mol. The zero-order valence-electron chi connectivity index (χ0n) is 14.4. The van der Waals surface area contributed by atoms with E-state index in [1.165, 1.54) is 20.1 Å². The maximum atomic E-state index is 13.5. The summed E-state index contributed by atoms with van der Waals surface area (Å²) in [5.41, 5.74) is 0.328. The van der Waals surface area contributed by atoms with Crippen LogP contribution in [0.25, 0.3) is 0 Å². The summed E-state index contributed by atoms with van der Waals surface area (Å²) in [4.78, 5) is 24.0. The van der Waals surface area contributed by atoms with Crippen molar-refractivity contribution in [2.75, 3.05) is 18.2 Å². The van der Waals surface area contributed by atoms with Gasteiger partial charge in [-0.15, -0.1) is 11.8 Å². The zero-order chi connectivity index (χ0) is 20.0. The van der Waals surface area contributed by atoms with Crippen molar-refractivity contribution in [3.8, 4) is 5.75 Å². The molecular formula is C18H16ClF2NO4S. The maximum absolute atomic E-state index is 13.5. The predicted octanol–water partition coefficient (Wildman–Crippen LogP) is 4.29. The Balaban J connectivity index is 1.91. The largest absolute Gasteiger partial charge is 0.495 e. The van der Waals surface area contributed by atoms with E-state index < -0.39 is 29.6 Å². The number of anilines is 1. The van der Waals surface area contributed by atoms with Crippen LogP contribution < -0.4 is 10.1 Å². The lowest BCUT2D eigenvalue weighted by atomic mass is 10.2. The third-order valence-corrected chi connectivity index (χ3v) is 4.57. The number of ether oxygens (including phenoxy) is 2. The number of carbonyl (C=O) groups is 2. The third-order valence-electron chi connectivity index (χ3n) is 3.34. The van der Waals surface area contributed by atoms with Gasteiger partial charge in [-0.25, -0.2) is 8.78 Å². The van der Waals surface area contributed by atoms with Gasteiger partial charge in [0.1, 0.15) is 17.4 Å². The number of carbonyl (C=O) groups excluding carboxylic acids is 2. The summed E-state index contributed by atoms with van der Waals surface area (Å²) in [7, 11) is 1.44. The highest BCUT2D eigenvalue weighted by Gasteiger charge is 2.20. The minimum atomic E-state index is -1.11. The second-order valence-electron chi connectivity index (χ2n) is 5.33. The fraction of sp³-hybridized carbons (Fsp3) is 0.222. The molecule has 5 nitrogen and oxygen atoms in total. The second-order valence-corrected chi connectivity index (χ2v) is 6.78. The lowest BCUT2D eigenvalue weighted by Gasteiger charge is -2.15. The molecule has 144 valence electrons. The van der Waals surface area contributed by atoms with Crippen molar-refractivity contribution in [1.29, 1.82) is 0 Å². The van der Waals surface area contributed by atoms with Gasteiger partial charge in [0.15, 0.2) is 6.10 Å². The van der Waals surface area contributed by atoms with Crippen molar-refractivity contribution >= 4 is 40.9 Å². The number of benzene rings is 2. The van der Waals surface area contributed by atoms with Crippen molar-refractivity contribution < 1.29 is 27.8 Å². The van der Waals surface area contributed by atoms with E-state index >= 15 is 0 Å². The Labute approximate surface area is 164 Å². The summed E-state index contributed by atoms with van der Waals surface area (Å²) in [6.07, 6.45) is -1.11. The van der Waals surface area contributed by atoms with Crippen molar-refractivity contribution in [3.63, 3.8) is 0 Å². The van der Waals surface area contributed by atoms with Crippen LogP contribution in [0.15, 0.2) is 41.3 Å². The van der Waals surface area contributed by atoms with Crippen molar-refractivity contribution in [2.45, 2.75) is 17.9 Å². The van der Waals surface area contributed by atoms with Gasteiger partial charge in [0.05, 0.1) is 18.6 Å². The molecule has 0 unspecified atom stereocenters. The van der Waals surface area contributed by atoms with E-state index in [1.54, 1.807) is 12.1 Å². The normalized spacial score (nSPS) is 11.6. The number of esters is 1. The Kier molecular flexibility index (Phi) is 7.44. The van der Waals surface area contributed by atoms with Crippen molar-refractivity contribution in [3.05, 3.63) is 53.1 Å². The number of methoxy groups -OCH3 is 1.